The Morgan fingerprint density at radius 3 is 2.53 bits per heavy atom. The van der Waals surface area contributed by atoms with Crippen LogP contribution < -0.4 is 5.32 Å². The van der Waals surface area contributed by atoms with Gasteiger partial charge < -0.3 is 5.32 Å². The quantitative estimate of drug-likeness (QED) is 0.916. The molecule has 0 aliphatic rings. The van der Waals surface area contributed by atoms with Crippen molar-refractivity contribution in [1.29, 1.82) is 0 Å². The lowest BCUT2D eigenvalue weighted by atomic mass is 10.3. The smallest absolute Gasteiger partial charge is 0.244 e. The highest BCUT2D eigenvalue weighted by atomic mass is 79.9. The largest absolute Gasteiger partial charge is 0.352 e. The van der Waals surface area contributed by atoms with Crippen LogP contribution in [0.15, 0.2) is 10.7 Å². The summed E-state index contributed by atoms with van der Waals surface area (Å²) in [6, 6.07) is -0.127. The van der Waals surface area contributed by atoms with E-state index in [-0.39, 0.29) is 18.0 Å². The molecular weight excluding hydrogens is 258 g/mol. The summed E-state index contributed by atoms with van der Waals surface area (Å²) in [5.41, 5.74) is 0.960. The van der Waals surface area contributed by atoms with E-state index in [0.29, 0.717) is 0 Å². The zero-order chi connectivity index (χ0) is 11.6. The molecular formula is C10H16BrN3O. The second-order valence-electron chi connectivity index (χ2n) is 3.86. The molecule has 0 aromatic carbocycles. The average Bonchev–Trinajstić information content (AvgIpc) is 2.45. The maximum atomic E-state index is 11.7. The number of carbonyl (C=O) groups excluding carboxylic acids is 1. The van der Waals surface area contributed by atoms with Crippen molar-refractivity contribution in [2.45, 2.75) is 39.8 Å². The molecule has 1 aromatic heterocycles. The van der Waals surface area contributed by atoms with Crippen molar-refractivity contribution in [3.63, 3.8) is 0 Å². The van der Waals surface area contributed by atoms with Crippen LogP contribution in [-0.4, -0.2) is 21.7 Å². The highest BCUT2D eigenvalue weighted by molar-refractivity contribution is 9.10. The van der Waals surface area contributed by atoms with Gasteiger partial charge in [0.1, 0.15) is 6.04 Å². The monoisotopic (exact) mass is 273 g/mol. The van der Waals surface area contributed by atoms with E-state index < -0.39 is 0 Å². The van der Waals surface area contributed by atoms with Crippen LogP contribution >= 0.6 is 15.9 Å². The average molecular weight is 274 g/mol. The van der Waals surface area contributed by atoms with Gasteiger partial charge in [-0.1, -0.05) is 0 Å². The third-order valence-corrected chi connectivity index (χ3v) is 2.94. The van der Waals surface area contributed by atoms with Gasteiger partial charge in [-0.05, 0) is 43.6 Å². The van der Waals surface area contributed by atoms with Crippen molar-refractivity contribution in [2.75, 3.05) is 0 Å². The Morgan fingerprint density at radius 1 is 1.53 bits per heavy atom. The van der Waals surface area contributed by atoms with E-state index in [1.54, 1.807) is 10.9 Å². The van der Waals surface area contributed by atoms with Gasteiger partial charge in [-0.2, -0.15) is 5.10 Å². The fraction of sp³-hybridized carbons (Fsp3) is 0.600. The van der Waals surface area contributed by atoms with Gasteiger partial charge in [-0.3, -0.25) is 9.48 Å². The van der Waals surface area contributed by atoms with Crippen LogP contribution in [0, 0.1) is 6.92 Å². The van der Waals surface area contributed by atoms with Crippen molar-refractivity contribution in [3.05, 3.63) is 16.4 Å². The van der Waals surface area contributed by atoms with Gasteiger partial charge in [0.25, 0.3) is 0 Å². The van der Waals surface area contributed by atoms with Crippen molar-refractivity contribution >= 4 is 21.8 Å². The van der Waals surface area contributed by atoms with Crippen LogP contribution in [0.3, 0.4) is 0 Å². The van der Waals surface area contributed by atoms with Crippen LogP contribution in [0.5, 0.6) is 0 Å². The summed E-state index contributed by atoms with van der Waals surface area (Å²) in [6.07, 6.45) is 1.70. The zero-order valence-electron chi connectivity index (χ0n) is 9.41. The van der Waals surface area contributed by atoms with Gasteiger partial charge in [-0.25, -0.2) is 0 Å². The highest BCUT2D eigenvalue weighted by Gasteiger charge is 2.18. The van der Waals surface area contributed by atoms with Gasteiger partial charge in [-0.15, -0.1) is 0 Å². The normalized spacial score (nSPS) is 12.9. The molecule has 1 N–H and O–H groups in total. The lowest BCUT2D eigenvalue weighted by Gasteiger charge is -2.16. The number of carbonyl (C=O) groups is 1. The summed E-state index contributed by atoms with van der Waals surface area (Å²) in [7, 11) is 0. The van der Waals surface area contributed by atoms with E-state index in [2.05, 4.69) is 26.3 Å². The molecule has 1 amide bonds. The Hall–Kier alpha value is -0.840. The van der Waals surface area contributed by atoms with Crippen LogP contribution in [0.2, 0.25) is 0 Å². The minimum absolute atomic E-state index is 0.0105. The van der Waals surface area contributed by atoms with E-state index >= 15 is 0 Å². The van der Waals surface area contributed by atoms with Crippen molar-refractivity contribution in [3.8, 4) is 0 Å². The molecule has 1 unspecified atom stereocenters. The molecule has 0 spiro atoms. The van der Waals surface area contributed by atoms with E-state index in [9.17, 15) is 4.79 Å². The van der Waals surface area contributed by atoms with Gasteiger partial charge in [0.2, 0.25) is 5.91 Å². The minimum Gasteiger partial charge on any atom is -0.352 e. The molecule has 4 nitrogen and oxygen atoms in total. The summed E-state index contributed by atoms with van der Waals surface area (Å²) >= 11 is 3.37. The Morgan fingerprint density at radius 2 is 2.13 bits per heavy atom. The van der Waals surface area contributed by atoms with Crippen LogP contribution in [-0.2, 0) is 4.79 Å². The molecule has 84 valence electrons. The summed E-state index contributed by atoms with van der Waals surface area (Å²) in [6.45, 7) is 7.65. The highest BCUT2D eigenvalue weighted by Crippen LogP contribution is 2.18. The number of nitrogens with zero attached hydrogens (tertiary/aromatic N) is 2. The molecule has 1 atom stereocenters. The lowest BCUT2D eigenvalue weighted by molar-refractivity contribution is -0.124. The number of hydrogen-bond donors (Lipinski definition) is 1. The third kappa shape index (κ3) is 2.81. The molecule has 1 rings (SSSR count). The van der Waals surface area contributed by atoms with E-state index in [1.165, 1.54) is 0 Å². The maximum absolute atomic E-state index is 11.7. The Bertz CT molecular complexity index is 360. The van der Waals surface area contributed by atoms with Gasteiger partial charge in [0, 0.05) is 6.04 Å². The second kappa shape index (κ2) is 4.79. The predicted molar refractivity (Wildman–Crippen MR) is 62.7 cm³/mol. The maximum Gasteiger partial charge on any atom is 0.244 e. The SMILES string of the molecule is Cc1c(Br)cnn1C(C)C(=O)NC(C)C. The summed E-state index contributed by atoms with van der Waals surface area (Å²) in [5, 5.41) is 7.01. The summed E-state index contributed by atoms with van der Waals surface area (Å²) in [5.74, 6) is -0.0105. The second-order valence-corrected chi connectivity index (χ2v) is 4.72. The number of hydrogen-bond acceptors (Lipinski definition) is 2. The minimum atomic E-state index is -0.279. The number of rotatable bonds is 3. The number of halogens is 1. The number of nitrogens with one attached hydrogen (secondary N) is 1. The van der Waals surface area contributed by atoms with Gasteiger partial charge >= 0.3 is 0 Å². The molecule has 0 saturated heterocycles. The topological polar surface area (TPSA) is 46.9 Å². The van der Waals surface area contributed by atoms with Crippen molar-refractivity contribution in [2.24, 2.45) is 0 Å². The fourth-order valence-electron chi connectivity index (χ4n) is 1.31. The molecule has 1 heterocycles. The molecule has 0 saturated carbocycles. The Balaban J connectivity index is 2.80. The molecule has 0 radical (unpaired) electrons. The lowest BCUT2D eigenvalue weighted by Crippen LogP contribution is -2.36. The van der Waals surface area contributed by atoms with E-state index in [4.69, 9.17) is 0 Å². The van der Waals surface area contributed by atoms with E-state index in [0.717, 1.165) is 10.2 Å². The fourth-order valence-corrected chi connectivity index (χ4v) is 1.58. The predicted octanol–water partition coefficient (Wildman–Crippen LogP) is 2.04. The molecule has 0 aliphatic heterocycles. The first-order valence-electron chi connectivity index (χ1n) is 4.93. The van der Waals surface area contributed by atoms with Crippen molar-refractivity contribution in [1.82, 2.24) is 15.1 Å². The summed E-state index contributed by atoms with van der Waals surface area (Å²) < 4.78 is 2.63. The van der Waals surface area contributed by atoms with Crippen molar-refractivity contribution < 1.29 is 4.79 Å². The molecule has 1 aromatic rings. The first kappa shape index (κ1) is 12.2. The summed E-state index contributed by atoms with van der Waals surface area (Å²) in [4.78, 5) is 11.7. The zero-order valence-corrected chi connectivity index (χ0v) is 11.0. The first-order valence-corrected chi connectivity index (χ1v) is 5.72. The van der Waals surface area contributed by atoms with Gasteiger partial charge in [0.05, 0.1) is 16.4 Å². The Labute approximate surface area is 98.2 Å². The molecule has 5 heteroatoms. The molecule has 0 fully saturated rings. The third-order valence-electron chi connectivity index (χ3n) is 2.16. The van der Waals surface area contributed by atoms with Crippen LogP contribution in [0.25, 0.3) is 0 Å². The molecule has 0 bridgehead atoms. The van der Waals surface area contributed by atoms with Crippen LogP contribution in [0.1, 0.15) is 32.5 Å². The Kier molecular flexibility index (Phi) is 3.90. The number of aromatic nitrogens is 2. The molecule has 15 heavy (non-hydrogen) atoms. The van der Waals surface area contributed by atoms with Crippen LogP contribution in [0.4, 0.5) is 0 Å². The number of amides is 1. The van der Waals surface area contributed by atoms with E-state index in [1.807, 2.05) is 27.7 Å². The first-order chi connectivity index (χ1) is 6.93. The molecule has 0 aliphatic carbocycles. The standard InChI is InChI=1S/C10H16BrN3O/c1-6(2)13-10(15)8(4)14-7(3)9(11)5-12-14/h5-6,8H,1-4H3,(H,13,15). The van der Waals surface area contributed by atoms with Gasteiger partial charge in [0.15, 0.2) is 0 Å².